The second kappa shape index (κ2) is 8.02. The molecule has 1 amide bonds. The summed E-state index contributed by atoms with van der Waals surface area (Å²) < 4.78 is 4.86. The van der Waals surface area contributed by atoms with E-state index in [9.17, 15) is 14.4 Å². The van der Waals surface area contributed by atoms with Crippen molar-refractivity contribution >= 4 is 34.0 Å². The molecule has 0 bridgehead atoms. The number of nitrogens with two attached hydrogens (primary N) is 1. The molecular formula is C20H22N2O4S. The van der Waals surface area contributed by atoms with Gasteiger partial charge in [0.15, 0.2) is 5.78 Å². The highest BCUT2D eigenvalue weighted by atomic mass is 32.1. The maximum absolute atomic E-state index is 13.4. The van der Waals surface area contributed by atoms with Crippen molar-refractivity contribution < 1.29 is 19.1 Å². The van der Waals surface area contributed by atoms with Gasteiger partial charge in [-0.15, -0.1) is 11.3 Å². The van der Waals surface area contributed by atoms with E-state index in [1.165, 1.54) is 18.4 Å². The fourth-order valence-electron chi connectivity index (χ4n) is 3.46. The first-order chi connectivity index (χ1) is 13.0. The second-order valence-corrected chi connectivity index (χ2v) is 7.53. The zero-order valence-electron chi connectivity index (χ0n) is 15.3. The van der Waals surface area contributed by atoms with Crippen LogP contribution in [-0.2, 0) is 33.6 Å². The molecule has 27 heavy (non-hydrogen) atoms. The zero-order chi connectivity index (χ0) is 19.6. The summed E-state index contributed by atoms with van der Waals surface area (Å²) in [6, 6.07) is 7.45. The zero-order valence-corrected chi connectivity index (χ0v) is 16.2. The number of thiophene rings is 1. The van der Waals surface area contributed by atoms with Gasteiger partial charge in [0.25, 0.3) is 0 Å². The molecule has 0 fully saturated rings. The van der Waals surface area contributed by atoms with E-state index < -0.39 is 0 Å². The molecule has 0 radical (unpaired) electrons. The number of rotatable bonds is 6. The number of carbonyl (C=O) groups is 3. The van der Waals surface area contributed by atoms with Gasteiger partial charge in [-0.05, 0) is 30.4 Å². The normalized spacial score (nSPS) is 15.3. The summed E-state index contributed by atoms with van der Waals surface area (Å²) in [5.74, 6) is -1.05. The summed E-state index contributed by atoms with van der Waals surface area (Å²) >= 11 is 1.34. The average molecular weight is 386 g/mol. The van der Waals surface area contributed by atoms with Crippen molar-refractivity contribution in [1.29, 1.82) is 0 Å². The first-order valence-corrected chi connectivity index (χ1v) is 9.66. The van der Waals surface area contributed by atoms with Crippen molar-refractivity contribution in [2.75, 3.05) is 19.0 Å². The smallest absolute Gasteiger partial charge is 0.309 e. The Balaban J connectivity index is 2.06. The number of nitrogens with one attached hydrogen (secondary N) is 1. The van der Waals surface area contributed by atoms with Crippen LogP contribution in [-0.4, -0.2) is 31.3 Å². The number of hydrogen-bond donors (Lipinski definition) is 2. The number of carbonyl (C=O) groups excluding carboxylic acids is 3. The van der Waals surface area contributed by atoms with Crippen LogP contribution < -0.4 is 11.1 Å². The first kappa shape index (κ1) is 19.3. The van der Waals surface area contributed by atoms with Crippen molar-refractivity contribution in [2.45, 2.75) is 26.2 Å². The predicted molar refractivity (Wildman–Crippen MR) is 104 cm³/mol. The molecule has 0 spiro atoms. The Bertz CT molecular complexity index is 903. The fourth-order valence-corrected chi connectivity index (χ4v) is 4.78. The van der Waals surface area contributed by atoms with Crippen LogP contribution in [0.4, 0.5) is 5.00 Å². The highest BCUT2D eigenvalue weighted by molar-refractivity contribution is 7.17. The highest BCUT2D eigenvalue weighted by Gasteiger charge is 2.36. The van der Waals surface area contributed by atoms with Gasteiger partial charge in [-0.2, -0.15) is 0 Å². The van der Waals surface area contributed by atoms with E-state index >= 15 is 0 Å². The van der Waals surface area contributed by atoms with Gasteiger partial charge in [0.1, 0.15) is 5.00 Å². The Kier molecular flexibility index (Phi) is 5.72. The molecule has 6 nitrogen and oxygen atoms in total. The minimum atomic E-state index is -0.350. The molecule has 1 atom stereocenters. The molecule has 3 rings (SSSR count). The molecule has 1 aliphatic rings. The topological polar surface area (TPSA) is 98.5 Å². The highest BCUT2D eigenvalue weighted by Crippen LogP contribution is 2.42. The standard InChI is InChI=1S/C20H22N2O4S/c1-3-11-6-4-5-7-13(11)18(24)17-14-8-12(20(25)26-2)9-15(14)27-19(17)22-16(23)10-21/h4-7,12H,3,8-10,21H2,1-2H3,(H,22,23). The molecule has 0 saturated heterocycles. The largest absolute Gasteiger partial charge is 0.469 e. The van der Waals surface area contributed by atoms with Gasteiger partial charge in [0.2, 0.25) is 5.91 Å². The summed E-state index contributed by atoms with van der Waals surface area (Å²) in [6.45, 7) is 1.83. The van der Waals surface area contributed by atoms with Crippen LogP contribution in [0.1, 0.15) is 38.8 Å². The van der Waals surface area contributed by atoms with Gasteiger partial charge < -0.3 is 15.8 Å². The van der Waals surface area contributed by atoms with Crippen molar-refractivity contribution in [2.24, 2.45) is 11.7 Å². The number of esters is 1. The van der Waals surface area contributed by atoms with Crippen LogP contribution in [0, 0.1) is 5.92 Å². The van der Waals surface area contributed by atoms with Gasteiger partial charge >= 0.3 is 5.97 Å². The average Bonchev–Trinajstić information content (AvgIpc) is 3.24. The van der Waals surface area contributed by atoms with Crippen molar-refractivity contribution in [1.82, 2.24) is 0 Å². The van der Waals surface area contributed by atoms with E-state index in [0.29, 0.717) is 29.0 Å². The van der Waals surface area contributed by atoms with Gasteiger partial charge in [0, 0.05) is 10.4 Å². The Morgan fingerprint density at radius 1 is 1.26 bits per heavy atom. The summed E-state index contributed by atoms with van der Waals surface area (Å²) in [5.41, 5.74) is 8.29. The number of benzene rings is 1. The molecule has 2 aromatic rings. The lowest BCUT2D eigenvalue weighted by atomic mass is 9.94. The number of aryl methyl sites for hydroxylation is 1. The number of anilines is 1. The molecule has 1 aliphatic carbocycles. The van der Waals surface area contributed by atoms with Crippen LogP contribution >= 0.6 is 11.3 Å². The molecule has 0 saturated carbocycles. The van der Waals surface area contributed by atoms with Crippen molar-refractivity contribution in [3.05, 3.63) is 51.4 Å². The first-order valence-electron chi connectivity index (χ1n) is 8.85. The molecule has 1 aromatic carbocycles. The van der Waals surface area contributed by atoms with Gasteiger partial charge in [-0.1, -0.05) is 31.2 Å². The third-order valence-corrected chi connectivity index (χ3v) is 5.99. The number of methoxy groups -OCH3 is 1. The molecule has 3 N–H and O–H groups in total. The molecule has 1 aromatic heterocycles. The lowest BCUT2D eigenvalue weighted by Gasteiger charge is -2.11. The van der Waals surface area contributed by atoms with Crippen LogP contribution in [0.15, 0.2) is 24.3 Å². The Labute approximate surface area is 161 Å². The monoisotopic (exact) mass is 386 g/mol. The van der Waals surface area contributed by atoms with E-state index in [4.69, 9.17) is 10.5 Å². The maximum Gasteiger partial charge on any atom is 0.309 e. The lowest BCUT2D eigenvalue weighted by molar-refractivity contribution is -0.145. The Hall–Kier alpha value is -2.51. The van der Waals surface area contributed by atoms with Crippen LogP contribution in [0.25, 0.3) is 0 Å². The van der Waals surface area contributed by atoms with E-state index in [1.54, 1.807) is 6.07 Å². The molecule has 1 unspecified atom stereocenters. The second-order valence-electron chi connectivity index (χ2n) is 6.43. The number of fused-ring (bicyclic) bond motifs is 1. The van der Waals surface area contributed by atoms with E-state index in [-0.39, 0.29) is 30.1 Å². The SMILES string of the molecule is CCc1ccccc1C(=O)c1c(NC(=O)CN)sc2c1CC(C(=O)OC)C2. The maximum atomic E-state index is 13.4. The van der Waals surface area contributed by atoms with E-state index in [2.05, 4.69) is 5.32 Å². The summed E-state index contributed by atoms with van der Waals surface area (Å²) in [5, 5.41) is 3.26. The minimum Gasteiger partial charge on any atom is -0.469 e. The fraction of sp³-hybridized carbons (Fsp3) is 0.350. The minimum absolute atomic E-state index is 0.136. The number of amides is 1. The molecular weight excluding hydrogens is 364 g/mol. The molecule has 1 heterocycles. The van der Waals surface area contributed by atoms with Crippen LogP contribution in [0.5, 0.6) is 0 Å². The Morgan fingerprint density at radius 3 is 2.67 bits per heavy atom. The van der Waals surface area contributed by atoms with Crippen LogP contribution in [0.2, 0.25) is 0 Å². The number of ether oxygens (including phenoxy) is 1. The van der Waals surface area contributed by atoms with Crippen molar-refractivity contribution in [3.8, 4) is 0 Å². The van der Waals surface area contributed by atoms with E-state index in [1.807, 2.05) is 25.1 Å². The third kappa shape index (κ3) is 3.65. The van der Waals surface area contributed by atoms with Gasteiger partial charge in [0.05, 0.1) is 25.1 Å². The number of hydrogen-bond acceptors (Lipinski definition) is 6. The summed E-state index contributed by atoms with van der Waals surface area (Å²) in [4.78, 5) is 38.1. The molecule has 142 valence electrons. The lowest BCUT2D eigenvalue weighted by Crippen LogP contribution is -2.23. The third-order valence-electron chi connectivity index (χ3n) is 4.82. The predicted octanol–water partition coefficient (Wildman–Crippen LogP) is 2.33. The number of ketones is 1. The summed E-state index contributed by atoms with van der Waals surface area (Å²) in [6.07, 6.45) is 1.68. The van der Waals surface area contributed by atoms with Crippen LogP contribution in [0.3, 0.4) is 0 Å². The van der Waals surface area contributed by atoms with Gasteiger partial charge in [-0.25, -0.2) is 0 Å². The van der Waals surface area contributed by atoms with E-state index in [0.717, 1.165) is 22.4 Å². The molecule has 7 heteroatoms. The molecule has 0 aliphatic heterocycles. The quantitative estimate of drug-likeness (QED) is 0.586. The Morgan fingerprint density at radius 2 is 2.00 bits per heavy atom. The van der Waals surface area contributed by atoms with Gasteiger partial charge in [-0.3, -0.25) is 14.4 Å². The van der Waals surface area contributed by atoms with Crippen molar-refractivity contribution in [3.63, 3.8) is 0 Å². The summed E-state index contributed by atoms with van der Waals surface area (Å²) in [7, 11) is 1.37.